The molecule has 1 aromatic heterocycles. The first-order valence-corrected chi connectivity index (χ1v) is 8.22. The molecule has 1 aliphatic heterocycles. The van der Waals surface area contributed by atoms with Crippen molar-refractivity contribution in [2.45, 2.75) is 31.6 Å². The van der Waals surface area contributed by atoms with Crippen LogP contribution in [0.1, 0.15) is 23.8 Å². The summed E-state index contributed by atoms with van der Waals surface area (Å²) in [6.45, 7) is 3.24. The second-order valence-corrected chi connectivity index (χ2v) is 6.67. The summed E-state index contributed by atoms with van der Waals surface area (Å²) in [6, 6.07) is 2.07. The van der Waals surface area contributed by atoms with Crippen molar-refractivity contribution in [3.05, 3.63) is 21.9 Å². The second kappa shape index (κ2) is 6.43. The summed E-state index contributed by atoms with van der Waals surface area (Å²) >= 11 is 2.97. The Labute approximate surface area is 120 Å². The summed E-state index contributed by atoms with van der Waals surface area (Å²) in [6.07, 6.45) is 1.46. The van der Waals surface area contributed by atoms with Crippen LogP contribution in [-0.2, 0) is 22.6 Å². The first kappa shape index (κ1) is 14.4. The van der Waals surface area contributed by atoms with Gasteiger partial charge in [-0.15, -0.1) is 23.1 Å². The van der Waals surface area contributed by atoms with Crippen LogP contribution in [0.3, 0.4) is 0 Å². The van der Waals surface area contributed by atoms with Gasteiger partial charge in [0.1, 0.15) is 5.25 Å². The summed E-state index contributed by atoms with van der Waals surface area (Å²) in [5, 5.41) is 10.5. The van der Waals surface area contributed by atoms with Gasteiger partial charge in [0.25, 0.3) is 0 Å². The normalized spacial score (nSPS) is 15.9. The molecule has 1 unspecified atom stereocenters. The largest absolute Gasteiger partial charge is 0.480 e. The topological polar surface area (TPSA) is 57.6 Å². The molecular weight excluding hydrogens is 282 g/mol. The van der Waals surface area contributed by atoms with Crippen LogP contribution >= 0.6 is 23.1 Å². The number of thiophene rings is 1. The monoisotopic (exact) mass is 299 g/mol. The molecule has 0 spiro atoms. The van der Waals surface area contributed by atoms with Crippen molar-refractivity contribution in [1.29, 1.82) is 0 Å². The number of hydrogen-bond acceptors (Lipinski definition) is 4. The number of thioether (sulfide) groups is 1. The highest BCUT2D eigenvalue weighted by Gasteiger charge is 2.23. The van der Waals surface area contributed by atoms with E-state index in [9.17, 15) is 9.59 Å². The number of carboxylic acids is 1. The Morgan fingerprint density at radius 3 is 3.05 bits per heavy atom. The lowest BCUT2D eigenvalue weighted by atomic mass is 10.1. The summed E-state index contributed by atoms with van der Waals surface area (Å²) in [7, 11) is 0. The highest BCUT2D eigenvalue weighted by Crippen LogP contribution is 2.25. The van der Waals surface area contributed by atoms with Gasteiger partial charge < -0.3 is 10.0 Å². The lowest BCUT2D eigenvalue weighted by Crippen LogP contribution is -2.37. The van der Waals surface area contributed by atoms with Crippen LogP contribution in [0.15, 0.2) is 11.4 Å². The van der Waals surface area contributed by atoms with Crippen LogP contribution in [0.5, 0.6) is 0 Å². The fourth-order valence-corrected chi connectivity index (χ4v) is 3.88. The zero-order valence-electron chi connectivity index (χ0n) is 10.8. The SMILES string of the molecule is CCC(SCC(=O)N1CCc2sccc2C1)C(=O)O. The van der Waals surface area contributed by atoms with Gasteiger partial charge in [0.15, 0.2) is 0 Å². The Hall–Kier alpha value is -1.01. The lowest BCUT2D eigenvalue weighted by molar-refractivity contribution is -0.136. The third kappa shape index (κ3) is 3.51. The Morgan fingerprint density at radius 2 is 2.37 bits per heavy atom. The molecule has 0 radical (unpaired) electrons. The Bertz CT molecular complexity index is 472. The third-order valence-corrected chi connectivity index (χ3v) is 5.59. The number of amides is 1. The molecule has 6 heteroatoms. The Kier molecular flexibility index (Phi) is 4.87. The van der Waals surface area contributed by atoms with Crippen LogP contribution in [0.2, 0.25) is 0 Å². The number of hydrogen-bond donors (Lipinski definition) is 1. The van der Waals surface area contributed by atoms with Gasteiger partial charge in [0, 0.05) is 18.0 Å². The van der Waals surface area contributed by atoms with Gasteiger partial charge in [-0.2, -0.15) is 0 Å². The first-order valence-electron chi connectivity index (χ1n) is 6.29. The standard InChI is InChI=1S/C13H17NO3S2/c1-2-10(13(16)17)19-8-12(15)14-5-3-11-9(7-14)4-6-18-11/h4,6,10H,2-3,5,7-8H2,1H3,(H,16,17). The Morgan fingerprint density at radius 1 is 1.58 bits per heavy atom. The number of carbonyl (C=O) groups excluding carboxylic acids is 1. The number of carboxylic acid groups (broad SMARTS) is 1. The molecule has 0 bridgehead atoms. The maximum absolute atomic E-state index is 12.1. The van der Waals surface area contributed by atoms with E-state index < -0.39 is 11.2 Å². The minimum absolute atomic E-state index is 0.0431. The van der Waals surface area contributed by atoms with Gasteiger partial charge in [-0.3, -0.25) is 9.59 Å². The molecule has 2 rings (SSSR count). The molecule has 0 aliphatic carbocycles. The molecule has 0 saturated carbocycles. The molecule has 2 heterocycles. The van der Waals surface area contributed by atoms with Crippen molar-refractivity contribution in [1.82, 2.24) is 4.90 Å². The van der Waals surface area contributed by atoms with Crippen LogP contribution in [0, 0.1) is 0 Å². The highest BCUT2D eigenvalue weighted by molar-refractivity contribution is 8.01. The number of aliphatic carboxylic acids is 1. The highest BCUT2D eigenvalue weighted by atomic mass is 32.2. The minimum Gasteiger partial charge on any atom is -0.480 e. The number of carbonyl (C=O) groups is 2. The van der Waals surface area contributed by atoms with Gasteiger partial charge in [-0.1, -0.05) is 6.92 Å². The quantitative estimate of drug-likeness (QED) is 0.906. The fraction of sp³-hybridized carbons (Fsp3) is 0.538. The zero-order valence-corrected chi connectivity index (χ0v) is 12.4. The van der Waals surface area contributed by atoms with Crippen LogP contribution in [-0.4, -0.2) is 39.4 Å². The van der Waals surface area contributed by atoms with E-state index in [0.717, 1.165) is 13.0 Å². The molecule has 1 amide bonds. The van der Waals surface area contributed by atoms with E-state index in [2.05, 4.69) is 11.4 Å². The lowest BCUT2D eigenvalue weighted by Gasteiger charge is -2.27. The molecule has 1 atom stereocenters. The van der Waals surface area contributed by atoms with Crippen LogP contribution < -0.4 is 0 Å². The average Bonchev–Trinajstić information content (AvgIpc) is 2.85. The van der Waals surface area contributed by atoms with Crippen molar-refractivity contribution in [2.24, 2.45) is 0 Å². The van der Waals surface area contributed by atoms with Gasteiger partial charge in [-0.25, -0.2) is 0 Å². The summed E-state index contributed by atoms with van der Waals surface area (Å²) in [4.78, 5) is 26.2. The second-order valence-electron chi connectivity index (χ2n) is 4.48. The first-order chi connectivity index (χ1) is 9.11. The number of rotatable bonds is 5. The van der Waals surface area contributed by atoms with Gasteiger partial charge in [0.05, 0.1) is 5.75 Å². The summed E-state index contributed by atoms with van der Waals surface area (Å²) in [5.41, 5.74) is 1.24. The molecule has 1 aromatic rings. The van der Waals surface area contributed by atoms with E-state index in [1.165, 1.54) is 22.2 Å². The summed E-state index contributed by atoms with van der Waals surface area (Å²) in [5.74, 6) is -0.537. The van der Waals surface area contributed by atoms with Gasteiger partial charge >= 0.3 is 5.97 Å². The Balaban J connectivity index is 1.86. The molecular formula is C13H17NO3S2. The van der Waals surface area contributed by atoms with Crippen LogP contribution in [0.25, 0.3) is 0 Å². The molecule has 19 heavy (non-hydrogen) atoms. The van der Waals surface area contributed by atoms with E-state index in [1.807, 2.05) is 11.8 Å². The molecule has 1 N–H and O–H groups in total. The molecule has 0 aromatic carbocycles. The third-order valence-electron chi connectivity index (χ3n) is 3.21. The van der Waals surface area contributed by atoms with Crippen molar-refractivity contribution in [3.63, 3.8) is 0 Å². The number of fused-ring (bicyclic) bond motifs is 1. The van der Waals surface area contributed by atoms with E-state index >= 15 is 0 Å². The van der Waals surface area contributed by atoms with Crippen molar-refractivity contribution >= 4 is 35.0 Å². The molecule has 4 nitrogen and oxygen atoms in total. The zero-order chi connectivity index (χ0) is 13.8. The van der Waals surface area contributed by atoms with Crippen LogP contribution in [0.4, 0.5) is 0 Å². The van der Waals surface area contributed by atoms with Gasteiger partial charge in [-0.05, 0) is 29.9 Å². The molecule has 0 fully saturated rings. The maximum atomic E-state index is 12.1. The van der Waals surface area contributed by atoms with E-state index in [-0.39, 0.29) is 11.7 Å². The minimum atomic E-state index is -0.834. The van der Waals surface area contributed by atoms with Crippen molar-refractivity contribution in [3.8, 4) is 0 Å². The number of nitrogens with zero attached hydrogens (tertiary/aromatic N) is 1. The predicted octanol–water partition coefficient (Wildman–Crippen LogP) is 2.23. The van der Waals surface area contributed by atoms with E-state index in [4.69, 9.17) is 5.11 Å². The van der Waals surface area contributed by atoms with Crippen molar-refractivity contribution < 1.29 is 14.7 Å². The average molecular weight is 299 g/mol. The van der Waals surface area contributed by atoms with Crippen molar-refractivity contribution in [2.75, 3.05) is 12.3 Å². The van der Waals surface area contributed by atoms with E-state index in [1.54, 1.807) is 11.3 Å². The van der Waals surface area contributed by atoms with E-state index in [0.29, 0.717) is 13.0 Å². The molecule has 1 aliphatic rings. The predicted molar refractivity (Wildman–Crippen MR) is 77.6 cm³/mol. The molecule has 0 saturated heterocycles. The smallest absolute Gasteiger partial charge is 0.316 e. The summed E-state index contributed by atoms with van der Waals surface area (Å²) < 4.78 is 0. The molecule has 104 valence electrons. The fourth-order valence-electron chi connectivity index (χ4n) is 2.09. The van der Waals surface area contributed by atoms with Gasteiger partial charge in [0.2, 0.25) is 5.91 Å². The maximum Gasteiger partial charge on any atom is 0.316 e.